The van der Waals surface area contributed by atoms with Gasteiger partial charge in [0.15, 0.2) is 5.78 Å². The summed E-state index contributed by atoms with van der Waals surface area (Å²) in [6.45, 7) is 1.78. The summed E-state index contributed by atoms with van der Waals surface area (Å²) in [5.74, 6) is -0.560. The molecule has 2 unspecified atom stereocenters. The maximum absolute atomic E-state index is 13.3. The summed E-state index contributed by atoms with van der Waals surface area (Å²) in [7, 11) is 0. The van der Waals surface area contributed by atoms with Gasteiger partial charge in [-0.1, -0.05) is 12.1 Å². The zero-order valence-electron chi connectivity index (χ0n) is 7.96. The van der Waals surface area contributed by atoms with Crippen LogP contribution in [0.3, 0.4) is 0 Å². The molecule has 2 N–H and O–H groups in total. The van der Waals surface area contributed by atoms with Crippen LogP contribution in [-0.4, -0.2) is 11.8 Å². The number of Topliss-reactive ketones (excluding diaryl/α,β-unsaturated/α-hetero) is 1. The van der Waals surface area contributed by atoms with Crippen LogP contribution in [0.15, 0.2) is 18.2 Å². The van der Waals surface area contributed by atoms with E-state index < -0.39 is 0 Å². The van der Waals surface area contributed by atoms with Gasteiger partial charge < -0.3 is 5.73 Å². The molecule has 0 bridgehead atoms. The summed E-state index contributed by atoms with van der Waals surface area (Å²) >= 11 is 0. The van der Waals surface area contributed by atoms with Gasteiger partial charge in [0.05, 0.1) is 0 Å². The molecule has 0 aromatic heterocycles. The first-order chi connectivity index (χ1) is 6.61. The van der Waals surface area contributed by atoms with E-state index in [1.165, 1.54) is 6.07 Å². The Morgan fingerprint density at radius 2 is 2.29 bits per heavy atom. The molecule has 2 rings (SSSR count). The van der Waals surface area contributed by atoms with Crippen LogP contribution >= 0.6 is 0 Å². The molecule has 0 saturated carbocycles. The van der Waals surface area contributed by atoms with E-state index in [9.17, 15) is 9.18 Å². The highest BCUT2D eigenvalue weighted by Gasteiger charge is 2.34. The maximum atomic E-state index is 13.3. The van der Waals surface area contributed by atoms with E-state index in [-0.39, 0.29) is 23.6 Å². The predicted octanol–water partition coefficient (Wildman–Crippen LogP) is 1.53. The third-order valence-corrected chi connectivity index (χ3v) is 2.78. The minimum absolute atomic E-state index is 0.0190. The van der Waals surface area contributed by atoms with Crippen LogP contribution in [-0.2, 0) is 6.42 Å². The van der Waals surface area contributed by atoms with E-state index in [1.807, 2.05) is 0 Å². The van der Waals surface area contributed by atoms with Gasteiger partial charge in [-0.3, -0.25) is 4.79 Å². The van der Waals surface area contributed by atoms with Gasteiger partial charge >= 0.3 is 0 Å². The molecule has 3 heteroatoms. The minimum atomic E-state index is -0.293. The number of halogens is 1. The summed E-state index contributed by atoms with van der Waals surface area (Å²) in [5, 5.41) is 0. The van der Waals surface area contributed by atoms with Crippen LogP contribution in [0.4, 0.5) is 4.39 Å². The molecule has 0 heterocycles. The summed E-state index contributed by atoms with van der Waals surface area (Å²) < 4.78 is 13.3. The average molecular weight is 193 g/mol. The number of benzene rings is 1. The van der Waals surface area contributed by atoms with Crippen LogP contribution in [0.25, 0.3) is 0 Å². The lowest BCUT2D eigenvalue weighted by Crippen LogP contribution is -2.30. The van der Waals surface area contributed by atoms with Crippen molar-refractivity contribution in [2.24, 2.45) is 11.7 Å². The molecule has 2 nitrogen and oxygen atoms in total. The second-order valence-corrected chi connectivity index (χ2v) is 3.80. The number of carbonyl (C=O) groups is 1. The third kappa shape index (κ3) is 1.24. The van der Waals surface area contributed by atoms with Crippen molar-refractivity contribution in [3.05, 3.63) is 35.1 Å². The standard InChI is InChI=1S/C11H12FNO/c1-6(13)8-5-9-7(11(8)14)3-2-4-10(9)12/h2-4,6,8H,5,13H2,1H3. The Labute approximate surface area is 81.9 Å². The summed E-state index contributed by atoms with van der Waals surface area (Å²) in [6.07, 6.45) is 0.443. The largest absolute Gasteiger partial charge is 0.327 e. The zero-order chi connectivity index (χ0) is 10.3. The van der Waals surface area contributed by atoms with E-state index in [4.69, 9.17) is 5.73 Å². The Bertz CT molecular complexity index is 387. The molecule has 0 amide bonds. The van der Waals surface area contributed by atoms with Crippen LogP contribution in [0.1, 0.15) is 22.8 Å². The molecule has 2 atom stereocenters. The molecular weight excluding hydrogens is 181 g/mol. The SMILES string of the molecule is CC(N)C1Cc2c(F)cccc2C1=O. The first-order valence-corrected chi connectivity index (χ1v) is 4.68. The van der Waals surface area contributed by atoms with Gasteiger partial charge in [-0.05, 0) is 25.0 Å². The highest BCUT2D eigenvalue weighted by molar-refractivity contribution is 6.02. The van der Waals surface area contributed by atoms with Crippen molar-refractivity contribution in [1.29, 1.82) is 0 Å². The zero-order valence-corrected chi connectivity index (χ0v) is 7.96. The van der Waals surface area contributed by atoms with Gasteiger partial charge in [0.25, 0.3) is 0 Å². The molecule has 1 aliphatic rings. The Morgan fingerprint density at radius 1 is 1.57 bits per heavy atom. The molecular formula is C11H12FNO. The maximum Gasteiger partial charge on any atom is 0.168 e. The minimum Gasteiger partial charge on any atom is -0.327 e. The molecule has 0 radical (unpaired) electrons. The lowest BCUT2D eigenvalue weighted by atomic mass is 9.98. The number of carbonyl (C=O) groups excluding carboxylic acids is 1. The number of hydrogen-bond acceptors (Lipinski definition) is 2. The Kier molecular flexibility index (Phi) is 2.11. The van der Waals surface area contributed by atoms with Gasteiger partial charge in [-0.15, -0.1) is 0 Å². The lowest BCUT2D eigenvalue weighted by Gasteiger charge is -2.11. The van der Waals surface area contributed by atoms with Crippen LogP contribution in [0.2, 0.25) is 0 Å². The van der Waals surface area contributed by atoms with Crippen molar-refractivity contribution in [3.8, 4) is 0 Å². The fourth-order valence-corrected chi connectivity index (χ4v) is 1.93. The number of nitrogens with two attached hydrogens (primary N) is 1. The van der Waals surface area contributed by atoms with E-state index in [0.29, 0.717) is 17.5 Å². The van der Waals surface area contributed by atoms with Crippen molar-refractivity contribution in [3.63, 3.8) is 0 Å². The first kappa shape index (κ1) is 9.34. The predicted molar refractivity (Wildman–Crippen MR) is 51.6 cm³/mol. The fraction of sp³-hybridized carbons (Fsp3) is 0.364. The molecule has 0 fully saturated rings. The molecule has 0 saturated heterocycles. The molecule has 74 valence electrons. The normalized spacial score (nSPS) is 22.2. The molecule has 1 aliphatic carbocycles. The quantitative estimate of drug-likeness (QED) is 0.735. The van der Waals surface area contributed by atoms with Crippen molar-refractivity contribution in [2.45, 2.75) is 19.4 Å². The monoisotopic (exact) mass is 193 g/mol. The van der Waals surface area contributed by atoms with E-state index in [2.05, 4.69) is 0 Å². The summed E-state index contributed by atoms with van der Waals surface area (Å²) in [4.78, 5) is 11.7. The second kappa shape index (κ2) is 3.17. The molecule has 14 heavy (non-hydrogen) atoms. The Hall–Kier alpha value is -1.22. The highest BCUT2D eigenvalue weighted by Crippen LogP contribution is 2.29. The summed E-state index contributed by atoms with van der Waals surface area (Å²) in [5.41, 5.74) is 6.71. The van der Waals surface area contributed by atoms with Gasteiger partial charge in [-0.2, -0.15) is 0 Å². The van der Waals surface area contributed by atoms with Crippen molar-refractivity contribution < 1.29 is 9.18 Å². The Morgan fingerprint density at radius 3 is 2.86 bits per heavy atom. The number of rotatable bonds is 1. The van der Waals surface area contributed by atoms with E-state index in [1.54, 1.807) is 19.1 Å². The third-order valence-electron chi connectivity index (χ3n) is 2.78. The lowest BCUT2D eigenvalue weighted by molar-refractivity contribution is 0.0924. The van der Waals surface area contributed by atoms with Crippen molar-refractivity contribution >= 4 is 5.78 Å². The number of fused-ring (bicyclic) bond motifs is 1. The van der Waals surface area contributed by atoms with Gasteiger partial charge in [-0.25, -0.2) is 4.39 Å². The highest BCUT2D eigenvalue weighted by atomic mass is 19.1. The van der Waals surface area contributed by atoms with E-state index >= 15 is 0 Å². The number of ketones is 1. The fourth-order valence-electron chi connectivity index (χ4n) is 1.93. The van der Waals surface area contributed by atoms with Crippen LogP contribution < -0.4 is 5.73 Å². The topological polar surface area (TPSA) is 43.1 Å². The molecule has 0 spiro atoms. The van der Waals surface area contributed by atoms with Gasteiger partial charge in [0.1, 0.15) is 5.82 Å². The van der Waals surface area contributed by atoms with Gasteiger partial charge in [0.2, 0.25) is 0 Å². The molecule has 1 aromatic carbocycles. The Balaban J connectivity index is 2.45. The van der Waals surface area contributed by atoms with Crippen molar-refractivity contribution in [1.82, 2.24) is 0 Å². The average Bonchev–Trinajstić information content (AvgIpc) is 2.46. The van der Waals surface area contributed by atoms with Crippen molar-refractivity contribution in [2.75, 3.05) is 0 Å². The molecule has 1 aromatic rings. The van der Waals surface area contributed by atoms with E-state index in [0.717, 1.165) is 0 Å². The second-order valence-electron chi connectivity index (χ2n) is 3.80. The molecule has 0 aliphatic heterocycles. The van der Waals surface area contributed by atoms with Crippen LogP contribution in [0.5, 0.6) is 0 Å². The summed E-state index contributed by atoms with van der Waals surface area (Å²) in [6, 6.07) is 4.41. The smallest absolute Gasteiger partial charge is 0.168 e. The number of hydrogen-bond donors (Lipinski definition) is 1. The van der Waals surface area contributed by atoms with Gasteiger partial charge in [0, 0.05) is 17.5 Å². The van der Waals surface area contributed by atoms with Crippen LogP contribution in [0, 0.1) is 11.7 Å². The first-order valence-electron chi connectivity index (χ1n) is 4.68.